The summed E-state index contributed by atoms with van der Waals surface area (Å²) in [6, 6.07) is 0.170. The van der Waals surface area contributed by atoms with E-state index in [0.717, 1.165) is 11.4 Å². The van der Waals surface area contributed by atoms with E-state index in [1.54, 1.807) is 12.4 Å². The van der Waals surface area contributed by atoms with Crippen LogP contribution in [0.25, 0.3) is 0 Å². The fourth-order valence-corrected chi connectivity index (χ4v) is 1.06. The third kappa shape index (κ3) is 1.68. The molecule has 0 radical (unpaired) electrons. The summed E-state index contributed by atoms with van der Waals surface area (Å²) >= 11 is 0. The third-order valence-corrected chi connectivity index (χ3v) is 1.78. The van der Waals surface area contributed by atoms with E-state index in [4.69, 9.17) is 14.7 Å². The van der Waals surface area contributed by atoms with Gasteiger partial charge in [0, 0.05) is 0 Å². The molecule has 0 spiro atoms. The molecule has 2 aromatic heterocycles. The molecule has 3 N–H and O–H groups in total. The van der Waals surface area contributed by atoms with Gasteiger partial charge in [0.25, 0.3) is 6.01 Å². The second-order valence-electron chi connectivity index (χ2n) is 2.81. The molecule has 0 fully saturated rings. The highest BCUT2D eigenvalue weighted by molar-refractivity contribution is 5.43. The second kappa shape index (κ2) is 3.41. The van der Waals surface area contributed by atoms with E-state index >= 15 is 0 Å². The normalized spacial score (nSPS) is 10.4. The average molecular weight is 194 g/mol. The Morgan fingerprint density at radius 1 is 1.50 bits per heavy atom. The summed E-state index contributed by atoms with van der Waals surface area (Å²) in [6.07, 6.45) is 3.18. The first-order valence-electron chi connectivity index (χ1n) is 4.11. The van der Waals surface area contributed by atoms with E-state index in [2.05, 4.69) is 15.5 Å². The summed E-state index contributed by atoms with van der Waals surface area (Å²) in [5.41, 5.74) is 6.15. The van der Waals surface area contributed by atoms with Gasteiger partial charge in [-0.05, 0) is 6.92 Å². The van der Waals surface area contributed by atoms with Crippen molar-refractivity contribution in [3.8, 4) is 0 Å². The lowest BCUT2D eigenvalue weighted by atomic mass is 10.4. The number of rotatable bonds is 3. The molecular weight excluding hydrogens is 184 g/mol. The molecule has 0 unspecified atom stereocenters. The van der Waals surface area contributed by atoms with Gasteiger partial charge in [-0.15, -0.1) is 0 Å². The molecule has 2 rings (SSSR count). The molecule has 0 amide bonds. The van der Waals surface area contributed by atoms with Crippen LogP contribution in [0.4, 0.5) is 11.7 Å². The van der Waals surface area contributed by atoms with E-state index in [1.807, 2.05) is 6.92 Å². The van der Waals surface area contributed by atoms with Crippen LogP contribution < -0.4 is 11.1 Å². The summed E-state index contributed by atoms with van der Waals surface area (Å²) in [7, 11) is 0. The molecule has 0 aliphatic heterocycles. The number of hydrogen-bond acceptors (Lipinski definition) is 6. The highest BCUT2D eigenvalue weighted by Gasteiger charge is 2.04. The number of nitrogen functional groups attached to an aromatic ring is 1. The van der Waals surface area contributed by atoms with Gasteiger partial charge in [-0.3, -0.25) is 0 Å². The first-order chi connectivity index (χ1) is 6.75. The molecule has 2 heterocycles. The van der Waals surface area contributed by atoms with Crippen molar-refractivity contribution >= 4 is 11.7 Å². The molecule has 6 nitrogen and oxygen atoms in total. The number of anilines is 2. The van der Waals surface area contributed by atoms with Gasteiger partial charge in [0.1, 0.15) is 5.76 Å². The zero-order valence-corrected chi connectivity index (χ0v) is 7.65. The fraction of sp³-hybridized carbons (Fsp3) is 0.250. The number of hydrogen-bond donors (Lipinski definition) is 2. The number of nitrogens with one attached hydrogen (secondary N) is 1. The summed E-state index contributed by atoms with van der Waals surface area (Å²) in [6.45, 7) is 2.33. The molecule has 0 bridgehead atoms. The molecule has 0 aliphatic carbocycles. The zero-order chi connectivity index (χ0) is 9.97. The molecular formula is C8H10N4O2. The minimum Gasteiger partial charge on any atom is -0.427 e. The smallest absolute Gasteiger partial charge is 0.292 e. The molecule has 6 heteroatoms. The molecule has 0 aliphatic rings. The predicted octanol–water partition coefficient (Wildman–Crippen LogP) is 1.17. The van der Waals surface area contributed by atoms with E-state index in [9.17, 15) is 0 Å². The second-order valence-corrected chi connectivity index (χ2v) is 2.81. The van der Waals surface area contributed by atoms with Crippen LogP contribution in [0.2, 0.25) is 0 Å². The maximum Gasteiger partial charge on any atom is 0.292 e. The van der Waals surface area contributed by atoms with Crippen LogP contribution >= 0.6 is 0 Å². The zero-order valence-electron chi connectivity index (χ0n) is 7.65. The molecule has 0 saturated carbocycles. The lowest BCUT2D eigenvalue weighted by molar-refractivity contribution is 0.398. The Labute approximate surface area is 80.1 Å². The van der Waals surface area contributed by atoms with E-state index in [1.165, 1.54) is 0 Å². The number of aryl methyl sites for hydroxylation is 1. The predicted molar refractivity (Wildman–Crippen MR) is 49.5 cm³/mol. The van der Waals surface area contributed by atoms with Crippen LogP contribution in [0.3, 0.4) is 0 Å². The van der Waals surface area contributed by atoms with Gasteiger partial charge in [0.2, 0.25) is 0 Å². The van der Waals surface area contributed by atoms with Crippen LogP contribution in [0, 0.1) is 6.92 Å². The van der Waals surface area contributed by atoms with E-state index in [-0.39, 0.29) is 6.01 Å². The Balaban J connectivity index is 1.98. The number of nitrogens with two attached hydrogens (primary N) is 1. The van der Waals surface area contributed by atoms with E-state index < -0.39 is 0 Å². The van der Waals surface area contributed by atoms with Crippen LogP contribution in [0.15, 0.2) is 21.3 Å². The Bertz CT molecular complexity index is 420. The molecule has 0 aromatic carbocycles. The van der Waals surface area contributed by atoms with Crippen LogP contribution in [-0.2, 0) is 6.54 Å². The van der Waals surface area contributed by atoms with Crippen molar-refractivity contribution in [3.05, 3.63) is 23.9 Å². The lowest BCUT2D eigenvalue weighted by Gasteiger charge is -1.99. The van der Waals surface area contributed by atoms with Gasteiger partial charge in [-0.25, -0.2) is 4.98 Å². The van der Waals surface area contributed by atoms with Crippen molar-refractivity contribution < 1.29 is 8.94 Å². The highest BCUT2D eigenvalue weighted by Crippen LogP contribution is 2.14. The van der Waals surface area contributed by atoms with Gasteiger partial charge in [0.05, 0.1) is 24.6 Å². The third-order valence-electron chi connectivity index (χ3n) is 1.78. The summed E-state index contributed by atoms with van der Waals surface area (Å²) in [5.74, 6) is 1.40. The average Bonchev–Trinajstić information content (AvgIpc) is 2.72. The number of aromatic nitrogens is 2. The maximum atomic E-state index is 5.32. The summed E-state index contributed by atoms with van der Waals surface area (Å²) < 4.78 is 9.95. The van der Waals surface area contributed by atoms with Crippen molar-refractivity contribution in [2.45, 2.75) is 13.5 Å². The van der Waals surface area contributed by atoms with Crippen molar-refractivity contribution in [1.82, 2.24) is 10.1 Å². The first-order valence-corrected chi connectivity index (χ1v) is 4.11. The van der Waals surface area contributed by atoms with Crippen molar-refractivity contribution in [2.75, 3.05) is 11.1 Å². The fourth-order valence-electron chi connectivity index (χ4n) is 1.06. The van der Waals surface area contributed by atoms with Crippen LogP contribution in [0.5, 0.6) is 0 Å². The Hall–Kier alpha value is -1.98. The van der Waals surface area contributed by atoms with Gasteiger partial charge < -0.3 is 20.0 Å². The molecule has 14 heavy (non-hydrogen) atoms. The number of oxazole rings is 1. The summed E-state index contributed by atoms with van der Waals surface area (Å²) in [5, 5.41) is 6.71. The number of nitrogens with zero attached hydrogens (tertiary/aromatic N) is 2. The van der Waals surface area contributed by atoms with Gasteiger partial charge >= 0.3 is 0 Å². The molecule has 74 valence electrons. The standard InChI is InChI=1S/C8H10N4O2/c1-5-7(4-12-14-5)10-2-6-3-11-8(9)13-6/h3-4,10H,2H2,1H3,(H2,9,11). The van der Waals surface area contributed by atoms with Crippen molar-refractivity contribution in [3.63, 3.8) is 0 Å². The molecule has 0 saturated heterocycles. The Morgan fingerprint density at radius 3 is 2.93 bits per heavy atom. The van der Waals surface area contributed by atoms with E-state index in [0.29, 0.717) is 12.3 Å². The minimum absolute atomic E-state index is 0.170. The molecule has 0 atom stereocenters. The Morgan fingerprint density at radius 2 is 2.36 bits per heavy atom. The van der Waals surface area contributed by atoms with Gasteiger partial charge in [0.15, 0.2) is 5.76 Å². The largest absolute Gasteiger partial charge is 0.427 e. The van der Waals surface area contributed by atoms with Crippen molar-refractivity contribution in [2.24, 2.45) is 0 Å². The van der Waals surface area contributed by atoms with Crippen LogP contribution in [-0.4, -0.2) is 10.1 Å². The Kier molecular flexibility index (Phi) is 2.10. The van der Waals surface area contributed by atoms with Crippen LogP contribution in [0.1, 0.15) is 11.5 Å². The minimum atomic E-state index is 0.170. The summed E-state index contributed by atoms with van der Waals surface area (Å²) in [4.78, 5) is 3.77. The van der Waals surface area contributed by atoms with Crippen molar-refractivity contribution in [1.29, 1.82) is 0 Å². The van der Waals surface area contributed by atoms with Gasteiger partial charge in [-0.1, -0.05) is 5.16 Å². The maximum absolute atomic E-state index is 5.32. The SMILES string of the molecule is Cc1oncc1NCc1cnc(N)o1. The topological polar surface area (TPSA) is 90.1 Å². The quantitative estimate of drug-likeness (QED) is 0.762. The molecule has 2 aromatic rings. The highest BCUT2D eigenvalue weighted by atomic mass is 16.5. The monoisotopic (exact) mass is 194 g/mol. The lowest BCUT2D eigenvalue weighted by Crippen LogP contribution is -1.97. The van der Waals surface area contributed by atoms with Gasteiger partial charge in [-0.2, -0.15) is 0 Å². The first kappa shape index (κ1) is 8.61.